The molecule has 0 radical (unpaired) electrons. The molecular formula is C21H19N3O4. The fourth-order valence-corrected chi connectivity index (χ4v) is 2.62. The van der Waals surface area contributed by atoms with Crippen molar-refractivity contribution in [2.75, 3.05) is 24.3 Å². The fraction of sp³-hybridized carbons (Fsp3) is 0.0952. The highest BCUT2D eigenvalue weighted by atomic mass is 16.6. The predicted molar refractivity (Wildman–Crippen MR) is 108 cm³/mol. The van der Waals surface area contributed by atoms with Gasteiger partial charge in [0.2, 0.25) is 0 Å². The molecule has 0 saturated heterocycles. The number of carbonyl (C=O) groups excluding carboxylic acids is 1. The second-order valence-corrected chi connectivity index (χ2v) is 6.25. The van der Waals surface area contributed by atoms with Crippen LogP contribution in [0.3, 0.4) is 0 Å². The fourth-order valence-electron chi connectivity index (χ4n) is 2.62. The van der Waals surface area contributed by atoms with E-state index in [2.05, 4.69) is 5.32 Å². The molecule has 3 rings (SSSR count). The minimum absolute atomic E-state index is 0.121. The number of para-hydroxylation sites is 1. The van der Waals surface area contributed by atoms with Gasteiger partial charge in [0.1, 0.15) is 17.2 Å². The van der Waals surface area contributed by atoms with E-state index in [1.54, 1.807) is 55.4 Å². The highest BCUT2D eigenvalue weighted by Crippen LogP contribution is 2.28. The normalized spacial score (nSPS) is 10.2. The largest absolute Gasteiger partial charge is 0.457 e. The van der Waals surface area contributed by atoms with E-state index in [0.29, 0.717) is 22.9 Å². The number of benzene rings is 3. The number of ether oxygens (including phenoxy) is 1. The Balaban J connectivity index is 1.72. The Bertz CT molecular complexity index is 986. The van der Waals surface area contributed by atoms with Crippen molar-refractivity contribution >= 4 is 23.0 Å². The van der Waals surface area contributed by atoms with E-state index >= 15 is 0 Å². The first-order valence-corrected chi connectivity index (χ1v) is 8.54. The molecule has 0 aromatic heterocycles. The highest BCUT2D eigenvalue weighted by molar-refractivity contribution is 6.05. The summed E-state index contributed by atoms with van der Waals surface area (Å²) in [5, 5.41) is 14.0. The number of anilines is 2. The molecular weight excluding hydrogens is 358 g/mol. The van der Waals surface area contributed by atoms with E-state index in [9.17, 15) is 14.9 Å². The van der Waals surface area contributed by atoms with Crippen molar-refractivity contribution in [3.63, 3.8) is 0 Å². The summed E-state index contributed by atoms with van der Waals surface area (Å²) in [4.78, 5) is 24.9. The molecule has 1 amide bonds. The van der Waals surface area contributed by atoms with E-state index in [1.807, 2.05) is 30.3 Å². The Morgan fingerprint density at radius 2 is 1.61 bits per heavy atom. The molecule has 0 unspecified atom stereocenters. The zero-order valence-corrected chi connectivity index (χ0v) is 15.5. The lowest BCUT2D eigenvalue weighted by Gasteiger charge is -2.13. The monoisotopic (exact) mass is 377 g/mol. The first-order valence-electron chi connectivity index (χ1n) is 8.54. The van der Waals surface area contributed by atoms with Crippen LogP contribution in [-0.4, -0.2) is 24.9 Å². The zero-order valence-electron chi connectivity index (χ0n) is 15.5. The summed E-state index contributed by atoms with van der Waals surface area (Å²) in [6.07, 6.45) is 0. The van der Waals surface area contributed by atoms with E-state index in [-0.39, 0.29) is 11.3 Å². The summed E-state index contributed by atoms with van der Waals surface area (Å²) in [6, 6.07) is 20.6. The van der Waals surface area contributed by atoms with Gasteiger partial charge in [-0.05, 0) is 48.5 Å². The maximum Gasteiger partial charge on any atom is 0.293 e. The van der Waals surface area contributed by atoms with Crippen LogP contribution in [0.25, 0.3) is 0 Å². The van der Waals surface area contributed by atoms with Crippen LogP contribution in [0.4, 0.5) is 17.1 Å². The molecule has 0 spiro atoms. The minimum atomic E-state index is -0.498. The first-order chi connectivity index (χ1) is 13.4. The van der Waals surface area contributed by atoms with Crippen LogP contribution in [0.5, 0.6) is 11.5 Å². The standard InChI is InChI=1S/C21H19N3O4/c1-23(2)19-13-8-15(14-20(19)24(26)27)21(25)22-16-9-11-18(12-10-16)28-17-6-4-3-5-7-17/h3-14H,1-2H3,(H,22,25). The SMILES string of the molecule is CN(C)c1ccc(C(=O)Nc2ccc(Oc3ccccc3)cc2)cc1[N+](=O)[O-]. The van der Waals surface area contributed by atoms with Crippen LogP contribution in [0.15, 0.2) is 72.8 Å². The Morgan fingerprint density at radius 3 is 2.21 bits per heavy atom. The van der Waals surface area contributed by atoms with Gasteiger partial charge in [-0.3, -0.25) is 14.9 Å². The molecule has 7 heteroatoms. The zero-order chi connectivity index (χ0) is 20.1. The van der Waals surface area contributed by atoms with Crippen LogP contribution in [0.1, 0.15) is 10.4 Å². The first kappa shape index (κ1) is 18.9. The third kappa shape index (κ3) is 4.45. The second-order valence-electron chi connectivity index (χ2n) is 6.25. The van der Waals surface area contributed by atoms with E-state index < -0.39 is 10.8 Å². The summed E-state index contributed by atoms with van der Waals surface area (Å²) < 4.78 is 5.71. The molecule has 142 valence electrons. The molecule has 0 heterocycles. The maximum atomic E-state index is 12.5. The molecule has 0 atom stereocenters. The molecule has 0 bridgehead atoms. The number of amides is 1. The van der Waals surface area contributed by atoms with E-state index in [4.69, 9.17) is 4.74 Å². The van der Waals surface area contributed by atoms with Crippen LogP contribution < -0.4 is 15.0 Å². The van der Waals surface area contributed by atoms with Gasteiger partial charge in [0.25, 0.3) is 11.6 Å². The van der Waals surface area contributed by atoms with E-state index in [0.717, 1.165) is 0 Å². The van der Waals surface area contributed by atoms with Crippen molar-refractivity contribution in [3.05, 3.63) is 88.5 Å². The molecule has 3 aromatic rings. The number of rotatable bonds is 6. The molecule has 0 aliphatic rings. The van der Waals surface area contributed by atoms with Gasteiger partial charge in [-0.15, -0.1) is 0 Å². The Kier molecular flexibility index (Phi) is 5.55. The van der Waals surface area contributed by atoms with Gasteiger partial charge in [0, 0.05) is 31.4 Å². The average Bonchev–Trinajstić information content (AvgIpc) is 2.69. The van der Waals surface area contributed by atoms with Crippen LogP contribution in [-0.2, 0) is 0 Å². The number of nitro groups is 1. The van der Waals surface area contributed by atoms with Gasteiger partial charge in [-0.25, -0.2) is 0 Å². The molecule has 28 heavy (non-hydrogen) atoms. The van der Waals surface area contributed by atoms with Crippen molar-refractivity contribution in [1.29, 1.82) is 0 Å². The molecule has 3 aromatic carbocycles. The summed E-state index contributed by atoms with van der Waals surface area (Å²) in [5.41, 5.74) is 1.08. The van der Waals surface area contributed by atoms with Crippen molar-refractivity contribution in [1.82, 2.24) is 0 Å². The second kappa shape index (κ2) is 8.22. The average molecular weight is 377 g/mol. The Labute approximate surface area is 162 Å². The molecule has 7 nitrogen and oxygen atoms in total. The van der Waals surface area contributed by atoms with Gasteiger partial charge in [-0.2, -0.15) is 0 Å². The third-order valence-electron chi connectivity index (χ3n) is 4.01. The third-order valence-corrected chi connectivity index (χ3v) is 4.01. The van der Waals surface area contributed by atoms with Crippen molar-refractivity contribution in [2.24, 2.45) is 0 Å². The summed E-state index contributed by atoms with van der Waals surface area (Å²) in [6.45, 7) is 0. The van der Waals surface area contributed by atoms with Crippen molar-refractivity contribution in [2.45, 2.75) is 0 Å². The Hall–Kier alpha value is -3.87. The number of carbonyl (C=O) groups is 1. The number of nitrogens with zero attached hydrogens (tertiary/aromatic N) is 2. The molecule has 0 aliphatic carbocycles. The number of hydrogen-bond acceptors (Lipinski definition) is 5. The summed E-state index contributed by atoms with van der Waals surface area (Å²) in [7, 11) is 3.42. The topological polar surface area (TPSA) is 84.7 Å². The van der Waals surface area contributed by atoms with Crippen molar-refractivity contribution in [3.8, 4) is 11.5 Å². The number of hydrogen-bond donors (Lipinski definition) is 1. The van der Waals surface area contributed by atoms with Crippen LogP contribution in [0.2, 0.25) is 0 Å². The van der Waals surface area contributed by atoms with Crippen LogP contribution >= 0.6 is 0 Å². The minimum Gasteiger partial charge on any atom is -0.457 e. The Morgan fingerprint density at radius 1 is 0.964 bits per heavy atom. The predicted octanol–water partition coefficient (Wildman–Crippen LogP) is 4.71. The van der Waals surface area contributed by atoms with Gasteiger partial charge < -0.3 is 15.0 Å². The highest BCUT2D eigenvalue weighted by Gasteiger charge is 2.19. The number of nitrogens with one attached hydrogen (secondary N) is 1. The van der Waals surface area contributed by atoms with Crippen LogP contribution in [0, 0.1) is 10.1 Å². The molecule has 1 N–H and O–H groups in total. The number of nitro benzene ring substituents is 1. The molecule has 0 fully saturated rings. The lowest BCUT2D eigenvalue weighted by atomic mass is 10.1. The quantitative estimate of drug-likeness (QED) is 0.497. The maximum absolute atomic E-state index is 12.5. The summed E-state index contributed by atoms with van der Waals surface area (Å²) in [5.74, 6) is 0.924. The lowest BCUT2D eigenvalue weighted by molar-refractivity contribution is -0.384. The van der Waals surface area contributed by atoms with E-state index in [1.165, 1.54) is 6.07 Å². The van der Waals surface area contributed by atoms with Gasteiger partial charge >= 0.3 is 0 Å². The molecule has 0 saturated carbocycles. The van der Waals surface area contributed by atoms with Gasteiger partial charge in [0.05, 0.1) is 4.92 Å². The summed E-state index contributed by atoms with van der Waals surface area (Å²) >= 11 is 0. The van der Waals surface area contributed by atoms with Gasteiger partial charge in [0.15, 0.2) is 0 Å². The van der Waals surface area contributed by atoms with Crippen molar-refractivity contribution < 1.29 is 14.5 Å². The lowest BCUT2D eigenvalue weighted by Crippen LogP contribution is -2.15. The smallest absolute Gasteiger partial charge is 0.293 e. The van der Waals surface area contributed by atoms with Gasteiger partial charge in [-0.1, -0.05) is 18.2 Å². The molecule has 0 aliphatic heterocycles.